The standard InChI is InChI=1S/C18H19F2NO4S/c1-12(13-4-6-15(19)16(20)10-13)21(2)26(22,23)14-5-7-17-18(11-14)25-9-3-8-24-17/h4-7,10-12H,3,8-9H2,1-2H3. The van der Waals surface area contributed by atoms with Crippen LogP contribution in [-0.2, 0) is 10.0 Å². The van der Waals surface area contributed by atoms with Crippen LogP contribution in [0.1, 0.15) is 24.9 Å². The molecule has 5 nitrogen and oxygen atoms in total. The number of fused-ring (bicyclic) bond motifs is 1. The molecule has 1 heterocycles. The van der Waals surface area contributed by atoms with Crippen molar-refractivity contribution in [2.24, 2.45) is 0 Å². The van der Waals surface area contributed by atoms with E-state index in [0.29, 0.717) is 36.7 Å². The highest BCUT2D eigenvalue weighted by Crippen LogP contribution is 2.34. The van der Waals surface area contributed by atoms with Crippen molar-refractivity contribution in [2.75, 3.05) is 20.3 Å². The molecule has 0 bridgehead atoms. The maximum absolute atomic E-state index is 13.5. The Bertz CT molecular complexity index is 917. The van der Waals surface area contributed by atoms with E-state index in [9.17, 15) is 17.2 Å². The van der Waals surface area contributed by atoms with Gasteiger partial charge in [-0.3, -0.25) is 0 Å². The molecular weight excluding hydrogens is 364 g/mol. The van der Waals surface area contributed by atoms with Crippen molar-refractivity contribution in [1.82, 2.24) is 4.31 Å². The van der Waals surface area contributed by atoms with Gasteiger partial charge in [0, 0.05) is 25.6 Å². The molecular formula is C18H19F2NO4S. The van der Waals surface area contributed by atoms with Crippen LogP contribution in [0.5, 0.6) is 11.5 Å². The number of sulfonamides is 1. The van der Waals surface area contributed by atoms with Gasteiger partial charge in [-0.25, -0.2) is 17.2 Å². The summed E-state index contributed by atoms with van der Waals surface area (Å²) in [6.45, 7) is 2.55. The van der Waals surface area contributed by atoms with E-state index in [2.05, 4.69) is 0 Å². The number of hydrogen-bond donors (Lipinski definition) is 0. The van der Waals surface area contributed by atoms with Gasteiger partial charge in [0.25, 0.3) is 0 Å². The number of hydrogen-bond acceptors (Lipinski definition) is 4. The Hall–Kier alpha value is -2.19. The van der Waals surface area contributed by atoms with Crippen LogP contribution in [0.2, 0.25) is 0 Å². The molecule has 0 amide bonds. The van der Waals surface area contributed by atoms with Crippen LogP contribution in [-0.4, -0.2) is 33.0 Å². The number of rotatable bonds is 4. The minimum absolute atomic E-state index is 0.0404. The second-order valence-electron chi connectivity index (χ2n) is 6.03. The van der Waals surface area contributed by atoms with E-state index in [1.54, 1.807) is 13.0 Å². The van der Waals surface area contributed by atoms with E-state index < -0.39 is 27.7 Å². The van der Waals surface area contributed by atoms with Crippen molar-refractivity contribution in [3.05, 3.63) is 53.6 Å². The van der Waals surface area contributed by atoms with Crippen LogP contribution in [0.25, 0.3) is 0 Å². The second-order valence-corrected chi connectivity index (χ2v) is 8.03. The average Bonchev–Trinajstić information content (AvgIpc) is 2.87. The smallest absolute Gasteiger partial charge is 0.243 e. The summed E-state index contributed by atoms with van der Waals surface area (Å²) in [5.41, 5.74) is 0.351. The van der Waals surface area contributed by atoms with Crippen LogP contribution in [0.15, 0.2) is 41.3 Å². The number of nitrogens with zero attached hydrogens (tertiary/aromatic N) is 1. The van der Waals surface area contributed by atoms with E-state index in [1.165, 1.54) is 25.2 Å². The molecule has 0 spiro atoms. The fraction of sp³-hybridized carbons (Fsp3) is 0.333. The minimum atomic E-state index is -3.87. The molecule has 26 heavy (non-hydrogen) atoms. The van der Waals surface area contributed by atoms with Gasteiger partial charge < -0.3 is 9.47 Å². The first-order chi connectivity index (χ1) is 12.3. The molecule has 3 rings (SSSR count). The molecule has 2 aromatic rings. The summed E-state index contributed by atoms with van der Waals surface area (Å²) < 4.78 is 64.6. The quantitative estimate of drug-likeness (QED) is 0.811. The van der Waals surface area contributed by atoms with Crippen molar-refractivity contribution in [3.63, 3.8) is 0 Å². The van der Waals surface area contributed by atoms with Crippen LogP contribution < -0.4 is 9.47 Å². The molecule has 1 unspecified atom stereocenters. The molecule has 1 atom stereocenters. The third-order valence-electron chi connectivity index (χ3n) is 4.37. The number of benzene rings is 2. The SMILES string of the molecule is CC(c1ccc(F)c(F)c1)N(C)S(=O)(=O)c1ccc2c(c1)OCCCO2. The van der Waals surface area contributed by atoms with Gasteiger partial charge in [-0.15, -0.1) is 0 Å². The van der Waals surface area contributed by atoms with Crippen LogP contribution in [0, 0.1) is 11.6 Å². The number of halogens is 2. The molecule has 8 heteroatoms. The maximum atomic E-state index is 13.5. The molecule has 0 saturated heterocycles. The van der Waals surface area contributed by atoms with Gasteiger partial charge in [0.05, 0.1) is 18.1 Å². The van der Waals surface area contributed by atoms with Gasteiger partial charge >= 0.3 is 0 Å². The molecule has 1 aliphatic rings. The summed E-state index contributed by atoms with van der Waals surface area (Å²) in [6.07, 6.45) is 0.712. The van der Waals surface area contributed by atoms with Crippen LogP contribution in [0.3, 0.4) is 0 Å². The predicted molar refractivity (Wildman–Crippen MR) is 91.8 cm³/mol. The van der Waals surface area contributed by atoms with Gasteiger partial charge in [0.2, 0.25) is 10.0 Å². The van der Waals surface area contributed by atoms with E-state index in [0.717, 1.165) is 16.4 Å². The molecule has 0 aliphatic carbocycles. The Labute approximate surface area is 151 Å². The van der Waals surface area contributed by atoms with Crippen molar-refractivity contribution in [2.45, 2.75) is 24.3 Å². The number of ether oxygens (including phenoxy) is 2. The highest BCUT2D eigenvalue weighted by atomic mass is 32.2. The zero-order valence-electron chi connectivity index (χ0n) is 14.4. The summed E-state index contributed by atoms with van der Waals surface area (Å²) in [4.78, 5) is 0.0404. The summed E-state index contributed by atoms with van der Waals surface area (Å²) in [6, 6.07) is 7.08. The summed E-state index contributed by atoms with van der Waals surface area (Å²) >= 11 is 0. The lowest BCUT2D eigenvalue weighted by molar-refractivity contribution is 0.296. The Balaban J connectivity index is 1.91. The highest BCUT2D eigenvalue weighted by molar-refractivity contribution is 7.89. The fourth-order valence-corrected chi connectivity index (χ4v) is 4.03. The second kappa shape index (κ2) is 7.20. The maximum Gasteiger partial charge on any atom is 0.243 e. The first kappa shape index (κ1) is 18.6. The Kier molecular flexibility index (Phi) is 5.15. The molecule has 0 aromatic heterocycles. The van der Waals surface area contributed by atoms with Crippen LogP contribution in [0.4, 0.5) is 8.78 Å². The van der Waals surface area contributed by atoms with Gasteiger partial charge in [-0.05, 0) is 36.8 Å². The largest absolute Gasteiger partial charge is 0.490 e. The summed E-state index contributed by atoms with van der Waals surface area (Å²) in [7, 11) is -2.48. The minimum Gasteiger partial charge on any atom is -0.490 e. The first-order valence-corrected chi connectivity index (χ1v) is 9.57. The van der Waals surface area contributed by atoms with Crippen molar-refractivity contribution < 1.29 is 26.7 Å². The third kappa shape index (κ3) is 3.52. The van der Waals surface area contributed by atoms with Crippen molar-refractivity contribution in [3.8, 4) is 11.5 Å². The summed E-state index contributed by atoms with van der Waals surface area (Å²) in [5, 5.41) is 0. The monoisotopic (exact) mass is 383 g/mol. The highest BCUT2D eigenvalue weighted by Gasteiger charge is 2.28. The molecule has 0 saturated carbocycles. The lowest BCUT2D eigenvalue weighted by Crippen LogP contribution is -2.30. The zero-order chi connectivity index (χ0) is 18.9. The summed E-state index contributed by atoms with van der Waals surface area (Å²) in [5.74, 6) is -1.12. The van der Waals surface area contributed by atoms with Crippen LogP contribution >= 0.6 is 0 Å². The van der Waals surface area contributed by atoms with E-state index in [-0.39, 0.29) is 4.90 Å². The van der Waals surface area contributed by atoms with Gasteiger partial charge in [-0.2, -0.15) is 4.31 Å². The van der Waals surface area contributed by atoms with Gasteiger partial charge in [0.1, 0.15) is 0 Å². The Morgan fingerprint density at radius 1 is 1.00 bits per heavy atom. The van der Waals surface area contributed by atoms with E-state index in [1.807, 2.05) is 0 Å². The third-order valence-corrected chi connectivity index (χ3v) is 6.29. The average molecular weight is 383 g/mol. The Morgan fingerprint density at radius 2 is 1.69 bits per heavy atom. The molecule has 140 valence electrons. The zero-order valence-corrected chi connectivity index (χ0v) is 15.2. The van der Waals surface area contributed by atoms with E-state index in [4.69, 9.17) is 9.47 Å². The lowest BCUT2D eigenvalue weighted by Gasteiger charge is -2.25. The predicted octanol–water partition coefficient (Wildman–Crippen LogP) is 3.51. The van der Waals surface area contributed by atoms with Crippen molar-refractivity contribution >= 4 is 10.0 Å². The first-order valence-electron chi connectivity index (χ1n) is 8.13. The molecule has 1 aliphatic heterocycles. The molecule has 0 N–H and O–H groups in total. The molecule has 0 fully saturated rings. The fourth-order valence-electron chi connectivity index (χ4n) is 2.66. The normalized spacial score (nSPS) is 15.6. The Morgan fingerprint density at radius 3 is 2.38 bits per heavy atom. The lowest BCUT2D eigenvalue weighted by atomic mass is 10.1. The van der Waals surface area contributed by atoms with E-state index >= 15 is 0 Å². The van der Waals surface area contributed by atoms with Gasteiger partial charge in [0.15, 0.2) is 23.1 Å². The molecule has 0 radical (unpaired) electrons. The molecule has 2 aromatic carbocycles. The van der Waals surface area contributed by atoms with Gasteiger partial charge in [-0.1, -0.05) is 6.07 Å². The topological polar surface area (TPSA) is 55.8 Å². The van der Waals surface area contributed by atoms with Crippen molar-refractivity contribution in [1.29, 1.82) is 0 Å².